The summed E-state index contributed by atoms with van der Waals surface area (Å²) in [6.45, 7) is 1.94. The summed E-state index contributed by atoms with van der Waals surface area (Å²) < 4.78 is 1.68. The van der Waals surface area contributed by atoms with Crippen molar-refractivity contribution in [2.45, 2.75) is 32.0 Å². The van der Waals surface area contributed by atoms with Crippen molar-refractivity contribution in [3.05, 3.63) is 23.8 Å². The summed E-state index contributed by atoms with van der Waals surface area (Å²) in [5.74, 6) is -0.307. The summed E-state index contributed by atoms with van der Waals surface area (Å²) in [6, 6.07) is -0.295. The molecule has 1 aromatic rings. The van der Waals surface area contributed by atoms with Crippen molar-refractivity contribution in [1.29, 1.82) is 0 Å². The van der Waals surface area contributed by atoms with Gasteiger partial charge in [0.2, 0.25) is 5.91 Å². The third-order valence-electron chi connectivity index (χ3n) is 3.45. The molecule has 3 rings (SSSR count). The molecule has 0 radical (unpaired) electrons. The number of amides is 1. The standard InChI is InChI=1S/C11H14N6O/c1-7-8-2-3-9(11(12)18)17(8)10(6-13-7)16-5-4-14-15-16/h4-6,9-10H,2-3H2,1H3,(H2,12,18). The lowest BCUT2D eigenvalue weighted by Crippen LogP contribution is -2.45. The van der Waals surface area contributed by atoms with Gasteiger partial charge in [0.05, 0.1) is 11.9 Å². The van der Waals surface area contributed by atoms with Gasteiger partial charge in [-0.25, -0.2) is 4.68 Å². The van der Waals surface area contributed by atoms with Crippen molar-refractivity contribution >= 4 is 12.1 Å². The quantitative estimate of drug-likeness (QED) is 0.798. The first-order valence-electron chi connectivity index (χ1n) is 5.86. The molecule has 0 aliphatic carbocycles. The van der Waals surface area contributed by atoms with E-state index >= 15 is 0 Å². The zero-order valence-corrected chi connectivity index (χ0v) is 10.0. The Morgan fingerprint density at radius 2 is 2.39 bits per heavy atom. The summed E-state index contributed by atoms with van der Waals surface area (Å²) in [5.41, 5.74) is 7.48. The molecule has 1 fully saturated rings. The van der Waals surface area contributed by atoms with Crippen molar-refractivity contribution in [2.75, 3.05) is 0 Å². The van der Waals surface area contributed by atoms with Gasteiger partial charge < -0.3 is 10.6 Å². The summed E-state index contributed by atoms with van der Waals surface area (Å²) in [4.78, 5) is 17.9. The first-order chi connectivity index (χ1) is 8.68. The molecular weight excluding hydrogens is 232 g/mol. The number of carbonyl (C=O) groups is 1. The van der Waals surface area contributed by atoms with Crippen LogP contribution in [-0.2, 0) is 4.79 Å². The first kappa shape index (κ1) is 10.9. The third-order valence-corrected chi connectivity index (χ3v) is 3.45. The van der Waals surface area contributed by atoms with Crippen LogP contribution in [0, 0.1) is 0 Å². The molecule has 1 amide bonds. The van der Waals surface area contributed by atoms with Crippen LogP contribution in [0.15, 0.2) is 28.8 Å². The van der Waals surface area contributed by atoms with Gasteiger partial charge in [-0.15, -0.1) is 5.10 Å². The van der Waals surface area contributed by atoms with Crippen molar-refractivity contribution < 1.29 is 4.79 Å². The van der Waals surface area contributed by atoms with E-state index in [2.05, 4.69) is 15.3 Å². The molecule has 94 valence electrons. The number of hydrogen-bond acceptors (Lipinski definition) is 5. The maximum atomic E-state index is 11.5. The minimum Gasteiger partial charge on any atom is -0.368 e. The summed E-state index contributed by atoms with van der Waals surface area (Å²) in [6.07, 6.45) is 6.47. The van der Waals surface area contributed by atoms with Gasteiger partial charge >= 0.3 is 0 Å². The van der Waals surface area contributed by atoms with E-state index in [1.54, 1.807) is 23.3 Å². The van der Waals surface area contributed by atoms with E-state index in [1.807, 2.05) is 11.8 Å². The SMILES string of the molecule is CC1=C2CCC(C(N)=O)N2C(n2ccnn2)C=N1. The lowest BCUT2D eigenvalue weighted by molar-refractivity contribution is -0.122. The van der Waals surface area contributed by atoms with Gasteiger partial charge in [0.15, 0.2) is 6.17 Å². The summed E-state index contributed by atoms with van der Waals surface area (Å²) in [7, 11) is 0. The molecule has 7 nitrogen and oxygen atoms in total. The fraction of sp³-hybridized carbons (Fsp3) is 0.455. The second-order valence-corrected chi connectivity index (χ2v) is 4.47. The molecule has 2 unspecified atom stereocenters. The molecule has 2 aliphatic heterocycles. The number of primary amides is 1. The van der Waals surface area contributed by atoms with Gasteiger partial charge in [-0.2, -0.15) is 0 Å². The molecule has 7 heteroatoms. The molecule has 0 spiro atoms. The number of nitrogens with zero attached hydrogens (tertiary/aromatic N) is 5. The number of rotatable bonds is 2. The predicted molar refractivity (Wildman–Crippen MR) is 64.3 cm³/mol. The van der Waals surface area contributed by atoms with E-state index in [9.17, 15) is 4.79 Å². The van der Waals surface area contributed by atoms with E-state index in [1.165, 1.54) is 0 Å². The Labute approximate surface area is 104 Å². The van der Waals surface area contributed by atoms with Crippen LogP contribution in [0.25, 0.3) is 0 Å². The van der Waals surface area contributed by atoms with Crippen molar-refractivity contribution in [2.24, 2.45) is 10.7 Å². The second-order valence-electron chi connectivity index (χ2n) is 4.47. The largest absolute Gasteiger partial charge is 0.368 e. The molecule has 1 aromatic heterocycles. The van der Waals surface area contributed by atoms with Gasteiger partial charge in [0.25, 0.3) is 0 Å². The highest BCUT2D eigenvalue weighted by molar-refractivity contribution is 5.82. The third kappa shape index (κ3) is 1.51. The van der Waals surface area contributed by atoms with Crippen LogP contribution in [0.5, 0.6) is 0 Å². The van der Waals surface area contributed by atoms with Crippen molar-refractivity contribution in [3.63, 3.8) is 0 Å². The maximum absolute atomic E-state index is 11.5. The molecule has 3 heterocycles. The minimum absolute atomic E-state index is 0.216. The number of allylic oxidation sites excluding steroid dienone is 2. The molecule has 2 aliphatic rings. The Kier molecular flexibility index (Phi) is 2.39. The van der Waals surface area contributed by atoms with E-state index in [-0.39, 0.29) is 18.1 Å². The van der Waals surface area contributed by atoms with Crippen LogP contribution in [0.3, 0.4) is 0 Å². The first-order valence-corrected chi connectivity index (χ1v) is 5.86. The lowest BCUT2D eigenvalue weighted by atomic mass is 10.2. The van der Waals surface area contributed by atoms with Crippen LogP contribution >= 0.6 is 0 Å². The summed E-state index contributed by atoms with van der Waals surface area (Å²) in [5, 5.41) is 7.77. The Morgan fingerprint density at radius 1 is 1.56 bits per heavy atom. The number of fused-ring (bicyclic) bond motifs is 1. The second kappa shape index (κ2) is 3.94. The molecule has 2 atom stereocenters. The molecule has 0 aromatic carbocycles. The molecule has 2 N–H and O–H groups in total. The molecular formula is C11H14N6O. The number of hydrogen-bond donors (Lipinski definition) is 1. The van der Waals surface area contributed by atoms with Crippen LogP contribution in [0.2, 0.25) is 0 Å². The van der Waals surface area contributed by atoms with E-state index in [0.717, 1.165) is 24.2 Å². The number of aliphatic imine (C=N–C) groups is 1. The van der Waals surface area contributed by atoms with Gasteiger partial charge in [0, 0.05) is 18.1 Å². The lowest BCUT2D eigenvalue weighted by Gasteiger charge is -2.34. The fourth-order valence-corrected chi connectivity index (χ4v) is 2.60. The monoisotopic (exact) mass is 246 g/mol. The number of nitrogens with two attached hydrogens (primary N) is 1. The van der Waals surface area contributed by atoms with Crippen molar-refractivity contribution in [3.8, 4) is 0 Å². The van der Waals surface area contributed by atoms with Crippen LogP contribution in [-0.4, -0.2) is 38.1 Å². The zero-order valence-electron chi connectivity index (χ0n) is 10.0. The van der Waals surface area contributed by atoms with E-state index in [4.69, 9.17) is 5.73 Å². The predicted octanol–water partition coefficient (Wildman–Crippen LogP) is 0.0423. The van der Waals surface area contributed by atoms with Crippen LogP contribution < -0.4 is 5.73 Å². The number of carbonyl (C=O) groups excluding carboxylic acids is 1. The highest BCUT2D eigenvalue weighted by Gasteiger charge is 2.39. The Hall–Kier alpha value is -2.18. The van der Waals surface area contributed by atoms with Crippen LogP contribution in [0.1, 0.15) is 25.9 Å². The minimum atomic E-state index is -0.307. The van der Waals surface area contributed by atoms with Gasteiger partial charge in [-0.1, -0.05) is 5.21 Å². The Balaban J connectivity index is 2.02. The van der Waals surface area contributed by atoms with Gasteiger partial charge in [0.1, 0.15) is 6.04 Å². The van der Waals surface area contributed by atoms with Crippen molar-refractivity contribution in [1.82, 2.24) is 19.9 Å². The highest BCUT2D eigenvalue weighted by Crippen LogP contribution is 2.37. The smallest absolute Gasteiger partial charge is 0.240 e. The van der Waals surface area contributed by atoms with E-state index < -0.39 is 0 Å². The average Bonchev–Trinajstić information content (AvgIpc) is 2.98. The maximum Gasteiger partial charge on any atom is 0.240 e. The molecule has 0 saturated carbocycles. The van der Waals surface area contributed by atoms with Crippen LogP contribution in [0.4, 0.5) is 0 Å². The Morgan fingerprint density at radius 3 is 3.06 bits per heavy atom. The normalized spacial score (nSPS) is 26.6. The zero-order chi connectivity index (χ0) is 12.7. The topological polar surface area (TPSA) is 89.4 Å². The number of aromatic nitrogens is 3. The fourth-order valence-electron chi connectivity index (χ4n) is 2.60. The average molecular weight is 246 g/mol. The Bertz CT molecular complexity index is 532. The highest BCUT2D eigenvalue weighted by atomic mass is 16.1. The van der Waals surface area contributed by atoms with Gasteiger partial charge in [-0.05, 0) is 19.8 Å². The van der Waals surface area contributed by atoms with Gasteiger partial charge in [-0.3, -0.25) is 9.79 Å². The molecule has 0 bridgehead atoms. The molecule has 18 heavy (non-hydrogen) atoms. The molecule has 1 saturated heterocycles. The summed E-state index contributed by atoms with van der Waals surface area (Å²) >= 11 is 0. The van der Waals surface area contributed by atoms with E-state index in [0.29, 0.717) is 0 Å².